The summed E-state index contributed by atoms with van der Waals surface area (Å²) in [5, 5.41) is 4.09. The van der Waals surface area contributed by atoms with Gasteiger partial charge in [-0.25, -0.2) is 0 Å². The fourth-order valence-electron chi connectivity index (χ4n) is 2.21. The van der Waals surface area contributed by atoms with E-state index in [9.17, 15) is 0 Å². The topological polar surface area (TPSA) is 55.3 Å². The lowest BCUT2D eigenvalue weighted by atomic mass is 10.2. The summed E-state index contributed by atoms with van der Waals surface area (Å²) < 4.78 is 5.22. The van der Waals surface area contributed by atoms with Crippen molar-refractivity contribution >= 4 is 0 Å². The molecule has 1 aromatic heterocycles. The summed E-state index contributed by atoms with van der Waals surface area (Å²) in [5.41, 5.74) is 6.52. The van der Waals surface area contributed by atoms with E-state index in [0.29, 0.717) is 6.54 Å². The predicted octanol–water partition coefficient (Wildman–Crippen LogP) is 1.55. The number of aromatic nitrogens is 1. The molecule has 2 rings (SSSR count). The third-order valence-electron chi connectivity index (χ3n) is 3.08. The van der Waals surface area contributed by atoms with Gasteiger partial charge in [0.05, 0.1) is 5.69 Å². The maximum atomic E-state index is 5.48. The Kier molecular flexibility index (Phi) is 4.36. The highest BCUT2D eigenvalue weighted by molar-refractivity contribution is 5.05. The molecule has 0 amide bonds. The second-order valence-corrected chi connectivity index (χ2v) is 4.51. The fraction of sp³-hybridized carbons (Fsp3) is 0.750. The number of hydrogen-bond acceptors (Lipinski definition) is 4. The highest BCUT2D eigenvalue weighted by Gasteiger charge is 2.12. The molecule has 0 saturated carbocycles. The van der Waals surface area contributed by atoms with Crippen LogP contribution in [0.1, 0.15) is 37.1 Å². The largest absolute Gasteiger partial charge is 0.361 e. The lowest BCUT2D eigenvalue weighted by Crippen LogP contribution is -2.24. The highest BCUT2D eigenvalue weighted by Crippen LogP contribution is 2.13. The van der Waals surface area contributed by atoms with Crippen LogP contribution in [0.5, 0.6) is 0 Å². The number of rotatable bonds is 4. The van der Waals surface area contributed by atoms with Gasteiger partial charge in [0.15, 0.2) is 0 Å². The summed E-state index contributed by atoms with van der Waals surface area (Å²) in [4.78, 5) is 2.47. The standard InChI is InChI=1S/C12H21N3O/c13-6-5-12-9-11(14-16-12)10-15-7-3-1-2-4-8-15/h9H,1-8,10,13H2. The fourth-order valence-corrected chi connectivity index (χ4v) is 2.21. The number of nitrogens with two attached hydrogens (primary N) is 1. The Hall–Kier alpha value is -0.870. The van der Waals surface area contributed by atoms with Gasteiger partial charge in [-0.3, -0.25) is 4.90 Å². The SMILES string of the molecule is NCCc1cc(CN2CCCCCC2)no1. The highest BCUT2D eigenvalue weighted by atomic mass is 16.5. The summed E-state index contributed by atoms with van der Waals surface area (Å²) in [6, 6.07) is 2.04. The molecule has 0 aromatic carbocycles. The smallest absolute Gasteiger partial charge is 0.138 e. The van der Waals surface area contributed by atoms with Crippen molar-refractivity contribution in [3.05, 3.63) is 17.5 Å². The Bertz CT molecular complexity index is 303. The van der Waals surface area contributed by atoms with Crippen LogP contribution in [0.4, 0.5) is 0 Å². The van der Waals surface area contributed by atoms with E-state index in [1.165, 1.54) is 38.8 Å². The number of nitrogens with zero attached hydrogens (tertiary/aromatic N) is 2. The molecule has 0 bridgehead atoms. The summed E-state index contributed by atoms with van der Waals surface area (Å²) >= 11 is 0. The van der Waals surface area contributed by atoms with Crippen LogP contribution in [0.15, 0.2) is 10.6 Å². The van der Waals surface area contributed by atoms with Gasteiger partial charge in [0, 0.05) is 19.0 Å². The van der Waals surface area contributed by atoms with Gasteiger partial charge in [0.25, 0.3) is 0 Å². The van der Waals surface area contributed by atoms with E-state index in [0.717, 1.165) is 24.4 Å². The summed E-state index contributed by atoms with van der Waals surface area (Å²) in [6.07, 6.45) is 6.15. The first-order valence-electron chi connectivity index (χ1n) is 6.25. The molecule has 0 radical (unpaired) electrons. The van der Waals surface area contributed by atoms with Crippen molar-refractivity contribution in [1.82, 2.24) is 10.1 Å². The van der Waals surface area contributed by atoms with Crippen LogP contribution >= 0.6 is 0 Å². The summed E-state index contributed by atoms with van der Waals surface area (Å²) in [7, 11) is 0. The molecule has 1 aliphatic heterocycles. The molecule has 0 aliphatic carbocycles. The molecule has 4 heteroatoms. The summed E-state index contributed by atoms with van der Waals surface area (Å²) in [5.74, 6) is 0.910. The van der Waals surface area contributed by atoms with E-state index in [2.05, 4.69) is 10.1 Å². The molecular weight excluding hydrogens is 202 g/mol. The normalized spacial score (nSPS) is 18.6. The molecule has 4 nitrogen and oxygen atoms in total. The van der Waals surface area contributed by atoms with Crippen LogP contribution in [-0.2, 0) is 13.0 Å². The van der Waals surface area contributed by atoms with Gasteiger partial charge in [-0.2, -0.15) is 0 Å². The average molecular weight is 223 g/mol. The first-order valence-corrected chi connectivity index (χ1v) is 6.25. The maximum absolute atomic E-state index is 5.48. The van der Waals surface area contributed by atoms with Crippen molar-refractivity contribution in [2.24, 2.45) is 5.73 Å². The number of likely N-dealkylation sites (tertiary alicyclic amines) is 1. The quantitative estimate of drug-likeness (QED) is 0.841. The molecule has 2 N–H and O–H groups in total. The monoisotopic (exact) mass is 223 g/mol. The third kappa shape index (κ3) is 3.32. The molecule has 1 aliphatic rings. The van der Waals surface area contributed by atoms with E-state index >= 15 is 0 Å². The van der Waals surface area contributed by atoms with Crippen molar-refractivity contribution in [1.29, 1.82) is 0 Å². The van der Waals surface area contributed by atoms with Crippen molar-refractivity contribution in [2.75, 3.05) is 19.6 Å². The molecule has 2 heterocycles. The molecule has 16 heavy (non-hydrogen) atoms. The Morgan fingerprint density at radius 3 is 2.69 bits per heavy atom. The second-order valence-electron chi connectivity index (χ2n) is 4.51. The molecule has 0 unspecified atom stereocenters. The predicted molar refractivity (Wildman–Crippen MR) is 63.0 cm³/mol. The molecule has 0 atom stereocenters. The van der Waals surface area contributed by atoms with Crippen molar-refractivity contribution < 1.29 is 4.52 Å². The Morgan fingerprint density at radius 1 is 1.25 bits per heavy atom. The first-order chi connectivity index (χ1) is 7.88. The molecule has 0 spiro atoms. The van der Waals surface area contributed by atoms with Crippen LogP contribution < -0.4 is 5.73 Å². The van der Waals surface area contributed by atoms with E-state index in [1.54, 1.807) is 0 Å². The van der Waals surface area contributed by atoms with Crippen molar-refractivity contribution in [3.63, 3.8) is 0 Å². The van der Waals surface area contributed by atoms with Gasteiger partial charge in [0.1, 0.15) is 5.76 Å². The lowest BCUT2D eigenvalue weighted by molar-refractivity contribution is 0.265. The zero-order chi connectivity index (χ0) is 11.2. The number of hydrogen-bond donors (Lipinski definition) is 1. The minimum atomic E-state index is 0.623. The van der Waals surface area contributed by atoms with Crippen LogP contribution in [-0.4, -0.2) is 29.7 Å². The van der Waals surface area contributed by atoms with E-state index in [1.807, 2.05) is 6.07 Å². The minimum Gasteiger partial charge on any atom is -0.361 e. The summed E-state index contributed by atoms with van der Waals surface area (Å²) in [6.45, 7) is 3.94. The first kappa shape index (κ1) is 11.6. The van der Waals surface area contributed by atoms with Crippen LogP contribution in [0.25, 0.3) is 0 Å². The van der Waals surface area contributed by atoms with Crippen molar-refractivity contribution in [3.8, 4) is 0 Å². The van der Waals surface area contributed by atoms with Gasteiger partial charge in [-0.15, -0.1) is 0 Å². The van der Waals surface area contributed by atoms with Gasteiger partial charge in [-0.05, 0) is 32.5 Å². The third-order valence-corrected chi connectivity index (χ3v) is 3.08. The molecule has 1 aromatic rings. The van der Waals surface area contributed by atoms with E-state index in [4.69, 9.17) is 10.3 Å². The van der Waals surface area contributed by atoms with E-state index < -0.39 is 0 Å². The van der Waals surface area contributed by atoms with Gasteiger partial charge in [-0.1, -0.05) is 18.0 Å². The van der Waals surface area contributed by atoms with Gasteiger partial charge in [0.2, 0.25) is 0 Å². The molecule has 1 saturated heterocycles. The Morgan fingerprint density at radius 2 is 2.00 bits per heavy atom. The van der Waals surface area contributed by atoms with Crippen LogP contribution in [0, 0.1) is 0 Å². The Labute approximate surface area is 96.8 Å². The van der Waals surface area contributed by atoms with Gasteiger partial charge < -0.3 is 10.3 Å². The zero-order valence-corrected chi connectivity index (χ0v) is 9.82. The van der Waals surface area contributed by atoms with E-state index in [-0.39, 0.29) is 0 Å². The molecule has 90 valence electrons. The second kappa shape index (κ2) is 6.01. The van der Waals surface area contributed by atoms with Crippen LogP contribution in [0.3, 0.4) is 0 Å². The maximum Gasteiger partial charge on any atom is 0.138 e. The minimum absolute atomic E-state index is 0.623. The molecule has 1 fully saturated rings. The zero-order valence-electron chi connectivity index (χ0n) is 9.82. The molecular formula is C12H21N3O. The Balaban J connectivity index is 1.86. The van der Waals surface area contributed by atoms with Crippen LogP contribution in [0.2, 0.25) is 0 Å². The van der Waals surface area contributed by atoms with Crippen molar-refractivity contribution in [2.45, 2.75) is 38.6 Å². The lowest BCUT2D eigenvalue weighted by Gasteiger charge is -2.17. The van der Waals surface area contributed by atoms with Gasteiger partial charge >= 0.3 is 0 Å². The average Bonchev–Trinajstić information content (AvgIpc) is 2.56.